The van der Waals surface area contributed by atoms with E-state index in [0.717, 1.165) is 19.3 Å². The van der Waals surface area contributed by atoms with Gasteiger partial charge in [-0.1, -0.05) is 12.2 Å². The van der Waals surface area contributed by atoms with Crippen LogP contribution >= 0.6 is 0 Å². The number of Topliss-reactive ketones (excluding diaryl/α,β-unsaturated/α-hetero) is 1. The van der Waals surface area contributed by atoms with Gasteiger partial charge in [0.05, 0.1) is 0 Å². The Balaban J connectivity index is 2.92. The fraction of sp³-hybridized carbons (Fsp3) is 0.714. The Labute approximate surface area is 103 Å². The number of carbonyl (C=O) groups is 2. The minimum Gasteiger partial charge on any atom is -0.459 e. The molecule has 0 aromatic heterocycles. The lowest BCUT2D eigenvalue weighted by Gasteiger charge is -2.29. The number of allylic oxidation sites excluding steroid dienone is 1. The molecule has 1 unspecified atom stereocenters. The van der Waals surface area contributed by atoms with E-state index in [4.69, 9.17) is 4.74 Å². The zero-order valence-corrected chi connectivity index (χ0v) is 11.2. The van der Waals surface area contributed by atoms with E-state index < -0.39 is 17.0 Å². The first-order valence-corrected chi connectivity index (χ1v) is 6.20. The van der Waals surface area contributed by atoms with Crippen LogP contribution in [0.25, 0.3) is 0 Å². The summed E-state index contributed by atoms with van der Waals surface area (Å²) in [6.45, 7) is 7.09. The molecule has 0 spiro atoms. The van der Waals surface area contributed by atoms with E-state index in [-0.39, 0.29) is 5.78 Å². The van der Waals surface area contributed by atoms with Gasteiger partial charge < -0.3 is 4.74 Å². The number of rotatable bonds is 1. The Kier molecular flexibility index (Phi) is 4.12. The lowest BCUT2D eigenvalue weighted by molar-refractivity contribution is -0.166. The summed E-state index contributed by atoms with van der Waals surface area (Å²) in [7, 11) is 0. The molecule has 0 aromatic rings. The van der Waals surface area contributed by atoms with E-state index in [1.54, 1.807) is 13.0 Å². The molecule has 0 aliphatic heterocycles. The maximum atomic E-state index is 12.1. The van der Waals surface area contributed by atoms with E-state index in [0.29, 0.717) is 6.42 Å². The van der Waals surface area contributed by atoms with Gasteiger partial charge in [0.15, 0.2) is 5.78 Å². The fourth-order valence-electron chi connectivity index (χ4n) is 1.79. The Morgan fingerprint density at radius 1 is 1.35 bits per heavy atom. The van der Waals surface area contributed by atoms with Crippen LogP contribution in [0.2, 0.25) is 0 Å². The average molecular weight is 238 g/mol. The molecule has 0 fully saturated rings. The third-order valence-corrected chi connectivity index (χ3v) is 2.88. The summed E-state index contributed by atoms with van der Waals surface area (Å²) in [5, 5.41) is 0. The number of hydrogen-bond acceptors (Lipinski definition) is 3. The van der Waals surface area contributed by atoms with Crippen molar-refractivity contribution in [2.24, 2.45) is 5.41 Å². The molecule has 1 atom stereocenters. The van der Waals surface area contributed by atoms with Crippen LogP contribution in [-0.2, 0) is 14.3 Å². The van der Waals surface area contributed by atoms with Gasteiger partial charge in [-0.15, -0.1) is 0 Å². The van der Waals surface area contributed by atoms with E-state index in [1.165, 1.54) is 0 Å². The molecule has 3 heteroatoms. The van der Waals surface area contributed by atoms with Crippen molar-refractivity contribution in [1.29, 1.82) is 0 Å². The number of hydrogen-bond donors (Lipinski definition) is 0. The second-order valence-electron chi connectivity index (χ2n) is 5.78. The summed E-state index contributed by atoms with van der Waals surface area (Å²) in [5.41, 5.74) is -1.66. The van der Waals surface area contributed by atoms with Crippen LogP contribution in [-0.4, -0.2) is 17.4 Å². The number of esters is 1. The van der Waals surface area contributed by atoms with Crippen LogP contribution in [0, 0.1) is 5.41 Å². The smallest absolute Gasteiger partial charge is 0.323 e. The van der Waals surface area contributed by atoms with Crippen molar-refractivity contribution in [2.75, 3.05) is 0 Å². The zero-order chi connectivity index (χ0) is 13.1. The predicted octanol–water partition coefficient (Wildman–Crippen LogP) is 3.03. The first-order chi connectivity index (χ1) is 7.76. The van der Waals surface area contributed by atoms with Gasteiger partial charge in [0.1, 0.15) is 11.0 Å². The van der Waals surface area contributed by atoms with Crippen molar-refractivity contribution in [2.45, 2.75) is 59.0 Å². The van der Waals surface area contributed by atoms with Gasteiger partial charge in [-0.05, 0) is 47.0 Å². The molecule has 0 amide bonds. The van der Waals surface area contributed by atoms with Gasteiger partial charge in [-0.2, -0.15) is 0 Å². The first-order valence-electron chi connectivity index (χ1n) is 6.20. The molecule has 0 N–H and O–H groups in total. The minimum absolute atomic E-state index is 0.0392. The summed E-state index contributed by atoms with van der Waals surface area (Å²) < 4.78 is 5.34. The quantitative estimate of drug-likeness (QED) is 0.400. The van der Waals surface area contributed by atoms with Gasteiger partial charge in [-0.3, -0.25) is 9.59 Å². The molecule has 0 saturated carbocycles. The molecule has 0 saturated heterocycles. The van der Waals surface area contributed by atoms with Crippen LogP contribution in [0.5, 0.6) is 0 Å². The average Bonchev–Trinajstić information content (AvgIpc) is 2.17. The largest absolute Gasteiger partial charge is 0.459 e. The molecule has 0 heterocycles. The van der Waals surface area contributed by atoms with E-state index >= 15 is 0 Å². The van der Waals surface area contributed by atoms with Crippen molar-refractivity contribution in [3.05, 3.63) is 12.2 Å². The standard InChI is InChI=1S/C14H22O3/c1-13(2,3)17-12(16)14(4)10-8-6-5-7-9-11(14)15/h8,10H,5-7,9H2,1-4H3/b10-8+. The van der Waals surface area contributed by atoms with E-state index in [2.05, 4.69) is 0 Å². The van der Waals surface area contributed by atoms with Crippen LogP contribution in [0.3, 0.4) is 0 Å². The fourth-order valence-corrected chi connectivity index (χ4v) is 1.79. The minimum atomic E-state index is -1.10. The maximum Gasteiger partial charge on any atom is 0.323 e. The molecule has 96 valence electrons. The highest BCUT2D eigenvalue weighted by atomic mass is 16.6. The van der Waals surface area contributed by atoms with Gasteiger partial charge in [0.25, 0.3) is 0 Å². The van der Waals surface area contributed by atoms with Crippen LogP contribution in [0.4, 0.5) is 0 Å². The Morgan fingerprint density at radius 2 is 2.00 bits per heavy atom. The van der Waals surface area contributed by atoms with Crippen molar-refractivity contribution < 1.29 is 14.3 Å². The highest BCUT2D eigenvalue weighted by molar-refractivity contribution is 6.05. The Morgan fingerprint density at radius 3 is 2.59 bits per heavy atom. The van der Waals surface area contributed by atoms with Crippen molar-refractivity contribution in [3.63, 3.8) is 0 Å². The highest BCUT2D eigenvalue weighted by Gasteiger charge is 2.41. The summed E-state index contributed by atoms with van der Waals surface area (Å²) >= 11 is 0. The third-order valence-electron chi connectivity index (χ3n) is 2.88. The molecule has 0 bridgehead atoms. The molecule has 1 aliphatic rings. The van der Waals surface area contributed by atoms with Crippen molar-refractivity contribution in [1.82, 2.24) is 0 Å². The van der Waals surface area contributed by atoms with E-state index in [9.17, 15) is 9.59 Å². The second-order valence-corrected chi connectivity index (χ2v) is 5.78. The number of ketones is 1. The van der Waals surface area contributed by atoms with Gasteiger partial charge in [0, 0.05) is 6.42 Å². The summed E-state index contributed by atoms with van der Waals surface area (Å²) in [4.78, 5) is 24.2. The predicted molar refractivity (Wildman–Crippen MR) is 66.6 cm³/mol. The summed E-state index contributed by atoms with van der Waals surface area (Å²) in [6, 6.07) is 0. The Bertz CT molecular complexity index is 336. The molecule has 17 heavy (non-hydrogen) atoms. The summed E-state index contributed by atoms with van der Waals surface area (Å²) in [6.07, 6.45) is 6.86. The molecular weight excluding hydrogens is 216 g/mol. The van der Waals surface area contributed by atoms with Gasteiger partial charge >= 0.3 is 5.97 Å². The topological polar surface area (TPSA) is 43.4 Å². The second kappa shape index (κ2) is 5.03. The van der Waals surface area contributed by atoms with Crippen LogP contribution in [0.15, 0.2) is 12.2 Å². The lowest BCUT2D eigenvalue weighted by Crippen LogP contribution is -2.40. The van der Waals surface area contributed by atoms with Gasteiger partial charge in [-0.25, -0.2) is 0 Å². The molecule has 1 aliphatic carbocycles. The SMILES string of the molecule is CC(C)(C)OC(=O)C1(C)/C=C/CCCCC1=O. The van der Waals surface area contributed by atoms with Gasteiger partial charge in [0.2, 0.25) is 0 Å². The maximum absolute atomic E-state index is 12.1. The Hall–Kier alpha value is -1.12. The molecular formula is C14H22O3. The van der Waals surface area contributed by atoms with Crippen molar-refractivity contribution >= 4 is 11.8 Å². The monoisotopic (exact) mass is 238 g/mol. The zero-order valence-electron chi connectivity index (χ0n) is 11.2. The summed E-state index contributed by atoms with van der Waals surface area (Å²) in [5.74, 6) is -0.476. The lowest BCUT2D eigenvalue weighted by atomic mass is 9.81. The molecule has 1 rings (SSSR count). The number of ether oxygens (including phenoxy) is 1. The normalized spacial score (nSPS) is 28.1. The highest BCUT2D eigenvalue weighted by Crippen LogP contribution is 2.29. The first kappa shape index (κ1) is 13.9. The van der Waals surface area contributed by atoms with E-state index in [1.807, 2.05) is 26.8 Å². The van der Waals surface area contributed by atoms with Crippen LogP contribution in [0.1, 0.15) is 53.4 Å². The van der Waals surface area contributed by atoms with Crippen LogP contribution < -0.4 is 0 Å². The molecule has 0 radical (unpaired) electrons. The van der Waals surface area contributed by atoms with Crippen molar-refractivity contribution in [3.8, 4) is 0 Å². The molecule has 0 aromatic carbocycles. The number of carbonyl (C=O) groups excluding carboxylic acids is 2. The third kappa shape index (κ3) is 3.69. The molecule has 3 nitrogen and oxygen atoms in total.